The van der Waals surface area contributed by atoms with Crippen LogP contribution < -0.4 is 4.72 Å². The first-order valence-electron chi connectivity index (χ1n) is 6.82. The van der Waals surface area contributed by atoms with Crippen molar-refractivity contribution in [3.8, 4) is 0 Å². The molecule has 0 aromatic heterocycles. The lowest BCUT2D eigenvalue weighted by Gasteiger charge is -2.23. The van der Waals surface area contributed by atoms with Gasteiger partial charge in [0, 0.05) is 24.4 Å². The van der Waals surface area contributed by atoms with E-state index in [0.717, 1.165) is 32.1 Å². The summed E-state index contributed by atoms with van der Waals surface area (Å²) < 4.78 is 48.5. The number of rotatable bonds is 12. The van der Waals surface area contributed by atoms with Crippen molar-refractivity contribution < 1.29 is 17.2 Å². The van der Waals surface area contributed by atoms with E-state index in [2.05, 4.69) is 4.72 Å². The number of nitrogens with zero attached hydrogens (tertiary/aromatic N) is 1. The van der Waals surface area contributed by atoms with Gasteiger partial charge in [-0.15, -0.1) is 3.71 Å². The molecule has 0 spiro atoms. The van der Waals surface area contributed by atoms with E-state index in [0.29, 0.717) is 16.6 Å². The van der Waals surface area contributed by atoms with Gasteiger partial charge >= 0.3 is 0 Å². The highest BCUT2D eigenvalue weighted by molar-refractivity contribution is 7.98. The molecule has 0 fully saturated rings. The Bertz CT molecular complexity index is 347. The Morgan fingerprint density at radius 3 is 2.16 bits per heavy atom. The maximum Gasteiger partial charge on any atom is 0.289 e. The average Bonchev–Trinajstić information content (AvgIpc) is 2.34. The summed E-state index contributed by atoms with van der Waals surface area (Å²) in [6.45, 7) is 4.34. The standard InChI is InChI=1S/C11H26N2O4S2/c1-3-5-7-9-11-13(18(14)15)19(16,17)12-10-8-6-4-2/h12H,3-11H2,1-2H3,(H,14,15)/p-1. The summed E-state index contributed by atoms with van der Waals surface area (Å²) in [5, 5.41) is 0. The smallest absolute Gasteiger partial charge is 0.289 e. The van der Waals surface area contributed by atoms with Crippen molar-refractivity contribution >= 4 is 21.5 Å². The quantitative estimate of drug-likeness (QED) is 0.438. The van der Waals surface area contributed by atoms with Crippen LogP contribution in [0.1, 0.15) is 58.8 Å². The summed E-state index contributed by atoms with van der Waals surface area (Å²) in [5.41, 5.74) is 0. The third-order valence-electron chi connectivity index (χ3n) is 2.69. The van der Waals surface area contributed by atoms with E-state index < -0.39 is 21.5 Å². The summed E-state index contributed by atoms with van der Waals surface area (Å²) in [6, 6.07) is 0. The van der Waals surface area contributed by atoms with Gasteiger partial charge in [-0.3, -0.25) is 4.21 Å². The summed E-state index contributed by atoms with van der Waals surface area (Å²) in [6.07, 6.45) is 5.99. The SMILES string of the molecule is CCCCCCN(S(=O)[O-])S(=O)(=O)NCCCCC. The molecule has 1 atom stereocenters. The van der Waals surface area contributed by atoms with Crippen molar-refractivity contribution in [1.29, 1.82) is 0 Å². The summed E-state index contributed by atoms with van der Waals surface area (Å²) >= 11 is -2.75. The van der Waals surface area contributed by atoms with Gasteiger partial charge in [0.05, 0.1) is 0 Å². The fourth-order valence-corrected chi connectivity index (χ4v) is 3.58. The van der Waals surface area contributed by atoms with Crippen LogP contribution in [0, 0.1) is 0 Å². The van der Waals surface area contributed by atoms with Crippen LogP contribution in [-0.4, -0.2) is 34.0 Å². The van der Waals surface area contributed by atoms with Crippen LogP contribution in [0.2, 0.25) is 0 Å². The first-order chi connectivity index (χ1) is 8.95. The van der Waals surface area contributed by atoms with E-state index in [9.17, 15) is 17.2 Å². The Kier molecular flexibility index (Phi) is 10.7. The Morgan fingerprint density at radius 2 is 1.63 bits per heavy atom. The zero-order valence-electron chi connectivity index (χ0n) is 11.8. The molecule has 1 unspecified atom stereocenters. The number of hydrogen-bond acceptors (Lipinski definition) is 4. The van der Waals surface area contributed by atoms with E-state index in [-0.39, 0.29) is 13.1 Å². The van der Waals surface area contributed by atoms with Gasteiger partial charge in [0.15, 0.2) is 0 Å². The highest BCUT2D eigenvalue weighted by Gasteiger charge is 2.21. The number of nitrogens with one attached hydrogen (secondary N) is 1. The lowest BCUT2D eigenvalue weighted by atomic mass is 10.2. The van der Waals surface area contributed by atoms with E-state index in [1.54, 1.807) is 0 Å². The minimum atomic E-state index is -3.92. The van der Waals surface area contributed by atoms with E-state index >= 15 is 0 Å². The van der Waals surface area contributed by atoms with E-state index in [1.165, 1.54) is 0 Å². The van der Waals surface area contributed by atoms with E-state index in [1.807, 2.05) is 13.8 Å². The van der Waals surface area contributed by atoms with Crippen LogP contribution in [0.4, 0.5) is 0 Å². The predicted molar refractivity (Wildman–Crippen MR) is 76.2 cm³/mol. The molecule has 1 N–H and O–H groups in total. The highest BCUT2D eigenvalue weighted by Crippen LogP contribution is 2.07. The minimum absolute atomic E-state index is 0.0131. The molecule has 0 aromatic carbocycles. The van der Waals surface area contributed by atoms with Crippen molar-refractivity contribution in [3.63, 3.8) is 0 Å². The normalized spacial score (nSPS) is 13.9. The molecule has 0 saturated heterocycles. The van der Waals surface area contributed by atoms with Crippen LogP contribution in [0.3, 0.4) is 0 Å². The summed E-state index contributed by atoms with van der Waals surface area (Å²) in [4.78, 5) is 0. The molecule has 19 heavy (non-hydrogen) atoms. The van der Waals surface area contributed by atoms with Gasteiger partial charge in [0.1, 0.15) is 0 Å². The molecule has 116 valence electrons. The molecule has 0 radical (unpaired) electrons. The zero-order valence-corrected chi connectivity index (χ0v) is 13.4. The molecular formula is C11H25N2O4S2-. The van der Waals surface area contributed by atoms with Gasteiger partial charge in [0.2, 0.25) is 0 Å². The third-order valence-corrected chi connectivity index (χ3v) is 5.45. The lowest BCUT2D eigenvalue weighted by Crippen LogP contribution is -2.42. The monoisotopic (exact) mass is 313 g/mol. The zero-order chi connectivity index (χ0) is 14.7. The molecule has 0 heterocycles. The molecule has 6 nitrogen and oxygen atoms in total. The van der Waals surface area contributed by atoms with Gasteiger partial charge in [-0.1, -0.05) is 46.0 Å². The second-order valence-corrected chi connectivity index (χ2v) is 7.20. The van der Waals surface area contributed by atoms with Crippen LogP contribution in [-0.2, 0) is 21.5 Å². The van der Waals surface area contributed by atoms with Crippen molar-refractivity contribution in [2.75, 3.05) is 13.1 Å². The fourth-order valence-electron chi connectivity index (χ4n) is 1.59. The largest absolute Gasteiger partial charge is 0.759 e. The predicted octanol–water partition coefficient (Wildman–Crippen LogP) is 1.69. The third kappa shape index (κ3) is 8.69. The molecular weight excluding hydrogens is 288 g/mol. The van der Waals surface area contributed by atoms with Crippen LogP contribution in [0.5, 0.6) is 0 Å². The second-order valence-electron chi connectivity index (χ2n) is 4.41. The Balaban J connectivity index is 4.29. The van der Waals surface area contributed by atoms with Crippen molar-refractivity contribution in [2.45, 2.75) is 58.8 Å². The van der Waals surface area contributed by atoms with Crippen molar-refractivity contribution in [2.24, 2.45) is 0 Å². The average molecular weight is 313 g/mol. The molecule has 0 saturated carbocycles. The number of unbranched alkanes of at least 4 members (excludes halogenated alkanes) is 5. The highest BCUT2D eigenvalue weighted by atomic mass is 32.3. The van der Waals surface area contributed by atoms with Gasteiger partial charge in [-0.25, -0.2) is 4.72 Å². The van der Waals surface area contributed by atoms with Crippen molar-refractivity contribution in [1.82, 2.24) is 8.43 Å². The first-order valence-corrected chi connectivity index (χ1v) is 9.29. The molecule has 8 heteroatoms. The topological polar surface area (TPSA) is 89.5 Å². The molecule has 0 bridgehead atoms. The molecule has 0 aliphatic rings. The van der Waals surface area contributed by atoms with E-state index in [4.69, 9.17) is 0 Å². The van der Waals surface area contributed by atoms with Crippen LogP contribution >= 0.6 is 0 Å². The Labute approximate surface area is 119 Å². The van der Waals surface area contributed by atoms with Gasteiger partial charge in [-0.05, 0) is 12.8 Å². The second kappa shape index (κ2) is 10.7. The Hall–Kier alpha value is -0.0200. The summed E-state index contributed by atoms with van der Waals surface area (Å²) in [7, 11) is -3.92. The van der Waals surface area contributed by atoms with Crippen LogP contribution in [0.25, 0.3) is 0 Å². The molecule has 0 aliphatic heterocycles. The molecule has 0 rings (SSSR count). The summed E-state index contributed by atoms with van der Waals surface area (Å²) in [5.74, 6) is 0. The van der Waals surface area contributed by atoms with Crippen molar-refractivity contribution in [3.05, 3.63) is 0 Å². The molecule has 0 aromatic rings. The first kappa shape index (κ1) is 19.0. The van der Waals surface area contributed by atoms with Gasteiger partial charge < -0.3 is 4.55 Å². The van der Waals surface area contributed by atoms with Gasteiger partial charge in [-0.2, -0.15) is 8.42 Å². The maximum atomic E-state index is 11.8. The lowest BCUT2D eigenvalue weighted by molar-refractivity contribution is 0.448. The maximum absolute atomic E-state index is 11.8. The number of hydrogen-bond donors (Lipinski definition) is 1. The fraction of sp³-hybridized carbons (Fsp3) is 1.00. The Morgan fingerprint density at radius 1 is 1.05 bits per heavy atom. The molecule has 0 aliphatic carbocycles. The molecule has 0 amide bonds. The minimum Gasteiger partial charge on any atom is -0.759 e. The van der Waals surface area contributed by atoms with Gasteiger partial charge in [0.25, 0.3) is 10.2 Å². The van der Waals surface area contributed by atoms with Crippen LogP contribution in [0.15, 0.2) is 0 Å².